The molecule has 1 saturated carbocycles. The highest BCUT2D eigenvalue weighted by Gasteiger charge is 2.36. The summed E-state index contributed by atoms with van der Waals surface area (Å²) in [6.07, 6.45) is 4.35. The molecule has 2 rings (SSSR count). The minimum atomic E-state index is -3.30. The van der Waals surface area contributed by atoms with Crippen LogP contribution >= 0.6 is 0 Å². The van der Waals surface area contributed by atoms with E-state index in [2.05, 4.69) is 14.7 Å². The average molecular weight is 256 g/mol. The van der Waals surface area contributed by atoms with Gasteiger partial charge in [0.05, 0.1) is 28.9 Å². The monoisotopic (exact) mass is 256 g/mol. The summed E-state index contributed by atoms with van der Waals surface area (Å²) in [5.74, 6) is 0.230. The van der Waals surface area contributed by atoms with Crippen LogP contribution in [0.4, 0.5) is 5.82 Å². The quantitative estimate of drug-likeness (QED) is 0.821. The van der Waals surface area contributed by atoms with E-state index in [0.29, 0.717) is 18.5 Å². The Morgan fingerprint density at radius 1 is 1.41 bits per heavy atom. The normalized spacial score (nSPS) is 16.9. The summed E-state index contributed by atoms with van der Waals surface area (Å²) in [5, 5.41) is -0.279. The Morgan fingerprint density at radius 3 is 2.59 bits per heavy atom. The van der Waals surface area contributed by atoms with E-state index in [-0.39, 0.29) is 11.1 Å². The minimum absolute atomic E-state index is 0.230. The molecular formula is C10H16N4O2S. The van der Waals surface area contributed by atoms with E-state index in [4.69, 9.17) is 5.73 Å². The van der Waals surface area contributed by atoms with Gasteiger partial charge in [0.2, 0.25) is 10.0 Å². The predicted molar refractivity (Wildman–Crippen MR) is 64.8 cm³/mol. The number of sulfonamides is 1. The topological polar surface area (TPSA) is 98.0 Å². The molecule has 6 nitrogen and oxygen atoms in total. The summed E-state index contributed by atoms with van der Waals surface area (Å²) in [4.78, 5) is 8.11. The molecule has 0 amide bonds. The fraction of sp³-hybridized carbons (Fsp3) is 0.600. The number of nitrogens with zero attached hydrogens (tertiary/aromatic N) is 2. The number of aromatic nitrogens is 2. The zero-order chi connectivity index (χ0) is 12.7. The van der Waals surface area contributed by atoms with Gasteiger partial charge in [-0.25, -0.2) is 13.4 Å². The maximum atomic E-state index is 11.7. The van der Waals surface area contributed by atoms with E-state index in [0.717, 1.165) is 0 Å². The van der Waals surface area contributed by atoms with Crippen molar-refractivity contribution in [2.45, 2.75) is 37.5 Å². The van der Waals surface area contributed by atoms with E-state index in [1.54, 1.807) is 13.8 Å². The molecule has 0 spiro atoms. The Morgan fingerprint density at radius 2 is 2.06 bits per heavy atom. The van der Waals surface area contributed by atoms with Crippen LogP contribution in [0.2, 0.25) is 0 Å². The van der Waals surface area contributed by atoms with Crippen molar-refractivity contribution in [3.8, 4) is 0 Å². The second-order valence-electron chi connectivity index (χ2n) is 4.86. The van der Waals surface area contributed by atoms with Crippen molar-refractivity contribution in [2.24, 2.45) is 5.73 Å². The second-order valence-corrected chi connectivity index (χ2v) is 6.82. The Kier molecular flexibility index (Phi) is 2.82. The van der Waals surface area contributed by atoms with E-state index in [1.807, 2.05) is 0 Å². The third kappa shape index (κ3) is 2.92. The molecule has 1 aliphatic carbocycles. The maximum absolute atomic E-state index is 11.7. The van der Waals surface area contributed by atoms with Gasteiger partial charge in [-0.1, -0.05) is 0 Å². The highest BCUT2D eigenvalue weighted by molar-refractivity contribution is 7.93. The molecule has 1 aromatic heterocycles. The van der Waals surface area contributed by atoms with Crippen molar-refractivity contribution in [1.29, 1.82) is 0 Å². The Balaban J connectivity index is 2.22. The van der Waals surface area contributed by atoms with Gasteiger partial charge in [-0.3, -0.25) is 9.71 Å². The third-order valence-electron chi connectivity index (χ3n) is 2.50. The van der Waals surface area contributed by atoms with E-state index >= 15 is 0 Å². The van der Waals surface area contributed by atoms with Gasteiger partial charge in [-0.2, -0.15) is 0 Å². The summed E-state index contributed by atoms with van der Waals surface area (Å²) in [6.45, 7) is 3.58. The van der Waals surface area contributed by atoms with Crippen molar-refractivity contribution in [2.75, 3.05) is 4.72 Å². The molecule has 0 saturated heterocycles. The van der Waals surface area contributed by atoms with Gasteiger partial charge in [-0.05, 0) is 26.7 Å². The SMILES string of the molecule is CC(C)(N)c1cncc(NS(=O)(=O)C2CC2)n1. The largest absolute Gasteiger partial charge is 0.321 e. The lowest BCUT2D eigenvalue weighted by Gasteiger charge is -2.18. The number of hydrogen-bond acceptors (Lipinski definition) is 5. The first kappa shape index (κ1) is 12.3. The minimum Gasteiger partial charge on any atom is -0.321 e. The fourth-order valence-electron chi connectivity index (χ4n) is 1.33. The van der Waals surface area contributed by atoms with Gasteiger partial charge in [-0.15, -0.1) is 0 Å². The lowest BCUT2D eigenvalue weighted by Crippen LogP contribution is -2.30. The van der Waals surface area contributed by atoms with Gasteiger partial charge in [0.25, 0.3) is 0 Å². The predicted octanol–water partition coefficient (Wildman–Crippen LogP) is 0.574. The highest BCUT2D eigenvalue weighted by atomic mass is 32.2. The van der Waals surface area contributed by atoms with Crippen LogP contribution < -0.4 is 10.5 Å². The van der Waals surface area contributed by atoms with Crippen molar-refractivity contribution >= 4 is 15.8 Å². The second kappa shape index (κ2) is 3.92. The smallest absolute Gasteiger partial charge is 0.236 e. The zero-order valence-electron chi connectivity index (χ0n) is 9.84. The first-order valence-corrected chi connectivity index (χ1v) is 6.97. The number of nitrogens with one attached hydrogen (secondary N) is 1. The van der Waals surface area contributed by atoms with Crippen molar-refractivity contribution in [3.05, 3.63) is 18.1 Å². The number of rotatable bonds is 4. The third-order valence-corrected chi connectivity index (χ3v) is 4.35. The Hall–Kier alpha value is -1.21. The summed E-state index contributed by atoms with van der Waals surface area (Å²) in [5.41, 5.74) is 5.79. The molecule has 3 N–H and O–H groups in total. The van der Waals surface area contributed by atoms with Crippen LogP contribution in [0.15, 0.2) is 12.4 Å². The van der Waals surface area contributed by atoms with Gasteiger partial charge >= 0.3 is 0 Å². The van der Waals surface area contributed by atoms with Crippen molar-refractivity contribution < 1.29 is 8.42 Å². The van der Waals surface area contributed by atoms with Crippen molar-refractivity contribution in [1.82, 2.24) is 9.97 Å². The van der Waals surface area contributed by atoms with E-state index in [1.165, 1.54) is 12.4 Å². The van der Waals surface area contributed by atoms with E-state index in [9.17, 15) is 8.42 Å². The summed E-state index contributed by atoms with van der Waals surface area (Å²) in [7, 11) is -3.30. The molecule has 0 aliphatic heterocycles. The lowest BCUT2D eigenvalue weighted by molar-refractivity contribution is 0.533. The summed E-state index contributed by atoms with van der Waals surface area (Å²) < 4.78 is 25.9. The Labute approximate surface area is 101 Å². The van der Waals surface area contributed by atoms with Crippen LogP contribution in [-0.4, -0.2) is 23.6 Å². The number of hydrogen-bond donors (Lipinski definition) is 2. The molecule has 94 valence electrons. The zero-order valence-corrected chi connectivity index (χ0v) is 10.7. The molecule has 0 unspecified atom stereocenters. The molecule has 1 fully saturated rings. The number of anilines is 1. The van der Waals surface area contributed by atoms with Crippen LogP contribution in [0, 0.1) is 0 Å². The summed E-state index contributed by atoms with van der Waals surface area (Å²) >= 11 is 0. The molecule has 1 aliphatic rings. The molecule has 0 bridgehead atoms. The molecular weight excluding hydrogens is 240 g/mol. The van der Waals surface area contributed by atoms with E-state index < -0.39 is 15.6 Å². The molecule has 0 atom stereocenters. The highest BCUT2D eigenvalue weighted by Crippen LogP contribution is 2.29. The van der Waals surface area contributed by atoms with Crippen LogP contribution in [0.5, 0.6) is 0 Å². The molecule has 1 heterocycles. The standard InChI is InChI=1S/C10H16N4O2S/c1-10(2,11)8-5-12-6-9(13-8)14-17(15,16)7-3-4-7/h5-7H,3-4,11H2,1-2H3,(H,13,14). The van der Waals surface area contributed by atoms with Gasteiger partial charge in [0.15, 0.2) is 5.82 Å². The first-order chi connectivity index (χ1) is 7.79. The molecule has 7 heteroatoms. The van der Waals surface area contributed by atoms with Crippen molar-refractivity contribution in [3.63, 3.8) is 0 Å². The first-order valence-electron chi connectivity index (χ1n) is 5.42. The van der Waals surface area contributed by atoms with Gasteiger partial charge < -0.3 is 5.73 Å². The summed E-state index contributed by atoms with van der Waals surface area (Å²) in [6, 6.07) is 0. The van der Waals surface area contributed by atoms with Crippen LogP contribution in [0.1, 0.15) is 32.4 Å². The van der Waals surface area contributed by atoms with Gasteiger partial charge in [0, 0.05) is 0 Å². The van der Waals surface area contributed by atoms with Crippen LogP contribution in [0.25, 0.3) is 0 Å². The Bertz CT molecular complexity index is 517. The fourth-order valence-corrected chi connectivity index (χ4v) is 2.65. The van der Waals surface area contributed by atoms with Crippen LogP contribution in [0.3, 0.4) is 0 Å². The molecule has 0 radical (unpaired) electrons. The number of nitrogens with two attached hydrogens (primary N) is 1. The van der Waals surface area contributed by atoms with Gasteiger partial charge in [0.1, 0.15) is 0 Å². The molecule has 17 heavy (non-hydrogen) atoms. The average Bonchev–Trinajstić information content (AvgIpc) is 2.99. The molecule has 1 aromatic rings. The molecule has 0 aromatic carbocycles. The van der Waals surface area contributed by atoms with Crippen LogP contribution in [-0.2, 0) is 15.6 Å². The lowest BCUT2D eigenvalue weighted by atomic mass is 10.0. The maximum Gasteiger partial charge on any atom is 0.236 e.